The number of hydrogen-bond donors (Lipinski definition) is 1. The van der Waals surface area contributed by atoms with Crippen LogP contribution in [0.4, 0.5) is 0 Å². The summed E-state index contributed by atoms with van der Waals surface area (Å²) in [5.74, 6) is 1.55. The zero-order valence-corrected chi connectivity index (χ0v) is 12.4. The maximum Gasteiger partial charge on any atom is 0.0657 e. The first kappa shape index (κ1) is 14.3. The molecule has 0 aromatic heterocycles. The van der Waals surface area contributed by atoms with Gasteiger partial charge in [-0.3, -0.25) is 0 Å². The van der Waals surface area contributed by atoms with Gasteiger partial charge < -0.3 is 9.84 Å². The van der Waals surface area contributed by atoms with Gasteiger partial charge in [0.2, 0.25) is 0 Å². The molecule has 0 bridgehead atoms. The standard InChI is InChI=1S/C16H30O2/c1-4-13-6-9-16(3,12-13)18-10-7-14-5-8-15(2,17)11-14/h13-14,17H,4-12H2,1-3H3/t13-,14-,15+,16-/m1/s1. The van der Waals surface area contributed by atoms with Crippen molar-refractivity contribution in [1.29, 1.82) is 0 Å². The number of aliphatic hydroxyl groups is 1. The van der Waals surface area contributed by atoms with Crippen LogP contribution in [0.15, 0.2) is 0 Å². The minimum atomic E-state index is -0.408. The molecule has 1 N–H and O–H groups in total. The molecular formula is C16H30O2. The molecule has 4 atom stereocenters. The van der Waals surface area contributed by atoms with Gasteiger partial charge in [-0.05, 0) is 70.6 Å². The summed E-state index contributed by atoms with van der Waals surface area (Å²) in [5, 5.41) is 9.95. The molecule has 2 fully saturated rings. The van der Waals surface area contributed by atoms with Crippen LogP contribution in [-0.4, -0.2) is 22.9 Å². The monoisotopic (exact) mass is 254 g/mol. The second kappa shape index (κ2) is 5.50. The molecule has 0 spiro atoms. The number of rotatable bonds is 5. The molecule has 0 saturated heterocycles. The van der Waals surface area contributed by atoms with Crippen molar-refractivity contribution in [1.82, 2.24) is 0 Å². The van der Waals surface area contributed by atoms with Crippen molar-refractivity contribution >= 4 is 0 Å². The summed E-state index contributed by atoms with van der Waals surface area (Å²) < 4.78 is 6.17. The van der Waals surface area contributed by atoms with Gasteiger partial charge in [0.1, 0.15) is 0 Å². The normalized spacial score (nSPS) is 44.7. The van der Waals surface area contributed by atoms with Crippen LogP contribution in [0.2, 0.25) is 0 Å². The van der Waals surface area contributed by atoms with Gasteiger partial charge in [-0.25, -0.2) is 0 Å². The lowest BCUT2D eigenvalue weighted by atomic mass is 9.99. The molecule has 0 unspecified atom stereocenters. The van der Waals surface area contributed by atoms with Crippen LogP contribution in [0.3, 0.4) is 0 Å². The molecule has 2 aliphatic rings. The zero-order valence-electron chi connectivity index (χ0n) is 12.4. The topological polar surface area (TPSA) is 29.5 Å². The summed E-state index contributed by atoms with van der Waals surface area (Å²) in [6.07, 6.45) is 9.33. The van der Waals surface area contributed by atoms with Crippen LogP contribution in [0, 0.1) is 11.8 Å². The van der Waals surface area contributed by atoms with E-state index in [9.17, 15) is 5.11 Å². The van der Waals surface area contributed by atoms with Crippen LogP contribution in [0.5, 0.6) is 0 Å². The fourth-order valence-electron chi connectivity index (χ4n) is 3.86. The van der Waals surface area contributed by atoms with E-state index in [1.807, 2.05) is 6.92 Å². The molecule has 2 nitrogen and oxygen atoms in total. The predicted molar refractivity (Wildman–Crippen MR) is 74.6 cm³/mol. The molecule has 0 radical (unpaired) electrons. The molecular weight excluding hydrogens is 224 g/mol. The Labute approximate surface area is 112 Å². The third-order valence-electron chi connectivity index (χ3n) is 5.18. The summed E-state index contributed by atoms with van der Waals surface area (Å²) in [4.78, 5) is 0. The SMILES string of the molecule is CC[C@@H]1CC[C@@](C)(OCC[C@H]2CC[C@](C)(O)C2)C1. The van der Waals surface area contributed by atoms with Gasteiger partial charge in [0, 0.05) is 6.61 Å². The highest BCUT2D eigenvalue weighted by atomic mass is 16.5. The van der Waals surface area contributed by atoms with Crippen molar-refractivity contribution in [3.63, 3.8) is 0 Å². The summed E-state index contributed by atoms with van der Waals surface area (Å²) >= 11 is 0. The summed E-state index contributed by atoms with van der Waals surface area (Å²) in [6.45, 7) is 7.43. The maximum atomic E-state index is 9.95. The Balaban J connectivity index is 1.67. The summed E-state index contributed by atoms with van der Waals surface area (Å²) in [7, 11) is 0. The minimum absolute atomic E-state index is 0.141. The highest BCUT2D eigenvalue weighted by Crippen LogP contribution is 2.40. The van der Waals surface area contributed by atoms with Crippen molar-refractivity contribution in [2.24, 2.45) is 11.8 Å². The Morgan fingerprint density at radius 2 is 1.83 bits per heavy atom. The third-order valence-corrected chi connectivity index (χ3v) is 5.18. The van der Waals surface area contributed by atoms with Crippen molar-refractivity contribution < 1.29 is 9.84 Å². The highest BCUT2D eigenvalue weighted by Gasteiger charge is 2.36. The lowest BCUT2D eigenvalue weighted by molar-refractivity contribution is -0.0352. The molecule has 2 rings (SSSR count). The first-order chi connectivity index (χ1) is 8.42. The van der Waals surface area contributed by atoms with Crippen molar-refractivity contribution in [3.8, 4) is 0 Å². The smallest absolute Gasteiger partial charge is 0.0657 e. The largest absolute Gasteiger partial charge is 0.390 e. The van der Waals surface area contributed by atoms with Gasteiger partial charge in [0.15, 0.2) is 0 Å². The van der Waals surface area contributed by atoms with Crippen molar-refractivity contribution in [3.05, 3.63) is 0 Å². The van der Waals surface area contributed by atoms with E-state index < -0.39 is 5.60 Å². The Bertz CT molecular complexity index is 274. The predicted octanol–water partition coefficient (Wildman–Crippen LogP) is 3.91. The van der Waals surface area contributed by atoms with Crippen molar-refractivity contribution in [2.45, 2.75) is 83.3 Å². The molecule has 0 heterocycles. The van der Waals surface area contributed by atoms with Gasteiger partial charge in [-0.1, -0.05) is 13.3 Å². The van der Waals surface area contributed by atoms with Crippen molar-refractivity contribution in [2.75, 3.05) is 6.61 Å². The number of ether oxygens (including phenoxy) is 1. The van der Waals surface area contributed by atoms with E-state index in [-0.39, 0.29) is 5.60 Å². The van der Waals surface area contributed by atoms with Gasteiger partial charge >= 0.3 is 0 Å². The average molecular weight is 254 g/mol. The molecule has 0 aromatic carbocycles. The van der Waals surface area contributed by atoms with E-state index in [1.54, 1.807) is 0 Å². The first-order valence-electron chi connectivity index (χ1n) is 7.79. The summed E-state index contributed by atoms with van der Waals surface area (Å²) in [6, 6.07) is 0. The molecule has 2 saturated carbocycles. The van der Waals surface area contributed by atoms with Crippen LogP contribution >= 0.6 is 0 Å². The minimum Gasteiger partial charge on any atom is -0.390 e. The molecule has 0 aliphatic heterocycles. The van der Waals surface area contributed by atoms with Crippen LogP contribution in [0.25, 0.3) is 0 Å². The lowest BCUT2D eigenvalue weighted by Crippen LogP contribution is -2.26. The van der Waals surface area contributed by atoms with Crippen LogP contribution in [-0.2, 0) is 4.74 Å². The highest BCUT2D eigenvalue weighted by molar-refractivity contribution is 4.88. The maximum absolute atomic E-state index is 9.95. The molecule has 2 aliphatic carbocycles. The van der Waals surface area contributed by atoms with E-state index >= 15 is 0 Å². The Hall–Kier alpha value is -0.0800. The third kappa shape index (κ3) is 3.71. The summed E-state index contributed by atoms with van der Waals surface area (Å²) in [5.41, 5.74) is -0.267. The fourth-order valence-corrected chi connectivity index (χ4v) is 3.86. The second-order valence-corrected chi connectivity index (χ2v) is 7.21. The molecule has 0 amide bonds. The molecule has 18 heavy (non-hydrogen) atoms. The second-order valence-electron chi connectivity index (χ2n) is 7.21. The van der Waals surface area contributed by atoms with Gasteiger partial charge in [-0.15, -0.1) is 0 Å². The average Bonchev–Trinajstić information content (AvgIpc) is 2.83. The first-order valence-corrected chi connectivity index (χ1v) is 7.79. The van der Waals surface area contributed by atoms with E-state index in [0.29, 0.717) is 5.92 Å². The molecule has 106 valence electrons. The number of hydrogen-bond acceptors (Lipinski definition) is 2. The molecule has 0 aromatic rings. The zero-order chi connectivity index (χ0) is 13.2. The Morgan fingerprint density at radius 3 is 2.39 bits per heavy atom. The lowest BCUT2D eigenvalue weighted by Gasteiger charge is -2.26. The quantitative estimate of drug-likeness (QED) is 0.806. The van der Waals surface area contributed by atoms with Crippen LogP contribution < -0.4 is 0 Å². The van der Waals surface area contributed by atoms with E-state index in [1.165, 1.54) is 32.1 Å². The Kier molecular flexibility index (Phi) is 4.38. The molecule has 2 heteroatoms. The fraction of sp³-hybridized carbons (Fsp3) is 1.00. The van der Waals surface area contributed by atoms with Gasteiger partial charge in [0.05, 0.1) is 11.2 Å². The van der Waals surface area contributed by atoms with E-state index in [0.717, 1.165) is 31.8 Å². The van der Waals surface area contributed by atoms with E-state index in [2.05, 4.69) is 13.8 Å². The van der Waals surface area contributed by atoms with E-state index in [4.69, 9.17) is 4.74 Å². The van der Waals surface area contributed by atoms with Gasteiger partial charge in [0.25, 0.3) is 0 Å². The van der Waals surface area contributed by atoms with Gasteiger partial charge in [-0.2, -0.15) is 0 Å². The van der Waals surface area contributed by atoms with Crippen LogP contribution in [0.1, 0.15) is 72.1 Å². The Morgan fingerprint density at radius 1 is 1.11 bits per heavy atom.